The van der Waals surface area contributed by atoms with Crippen molar-refractivity contribution < 1.29 is 4.52 Å². The van der Waals surface area contributed by atoms with Gasteiger partial charge in [-0.25, -0.2) is 4.99 Å². The topological polar surface area (TPSA) is 38.4 Å². The molecule has 1 aliphatic heterocycles. The second-order valence-electron chi connectivity index (χ2n) is 2.24. The standard InChI is InChI=1S/C8H5IN2O/c9-8-7-6(5-12-11-7)3-1-2-4-10-8/h1-5H/b3-1+,4-2+,10-8?. The van der Waals surface area contributed by atoms with Gasteiger partial charge in [-0.3, -0.25) is 0 Å². The summed E-state index contributed by atoms with van der Waals surface area (Å²) in [7, 11) is 0. The Morgan fingerprint density at radius 2 is 2.25 bits per heavy atom. The lowest BCUT2D eigenvalue weighted by Crippen LogP contribution is -1.93. The Labute approximate surface area is 83.0 Å². The van der Waals surface area contributed by atoms with E-state index in [0.29, 0.717) is 0 Å². The van der Waals surface area contributed by atoms with Gasteiger partial charge in [0.05, 0.1) is 0 Å². The van der Waals surface area contributed by atoms with Crippen molar-refractivity contribution in [2.24, 2.45) is 4.99 Å². The molecule has 0 saturated carbocycles. The molecule has 0 radical (unpaired) electrons. The summed E-state index contributed by atoms with van der Waals surface area (Å²) < 4.78 is 5.68. The maximum atomic E-state index is 4.83. The Morgan fingerprint density at radius 1 is 1.33 bits per heavy atom. The Balaban J connectivity index is 2.58. The van der Waals surface area contributed by atoms with Gasteiger partial charge in [-0.15, -0.1) is 0 Å². The normalized spacial score (nSPS) is 20.2. The van der Waals surface area contributed by atoms with E-state index < -0.39 is 0 Å². The van der Waals surface area contributed by atoms with Crippen LogP contribution in [0.25, 0.3) is 6.08 Å². The number of nitrogens with zero attached hydrogens (tertiary/aromatic N) is 2. The first-order valence-electron chi connectivity index (χ1n) is 3.39. The lowest BCUT2D eigenvalue weighted by Gasteiger charge is -1.93. The first-order valence-corrected chi connectivity index (χ1v) is 4.47. The van der Waals surface area contributed by atoms with Crippen molar-refractivity contribution in [3.05, 3.63) is 35.9 Å². The van der Waals surface area contributed by atoms with E-state index in [9.17, 15) is 0 Å². The highest BCUT2D eigenvalue weighted by molar-refractivity contribution is 14.1. The molecule has 0 amide bonds. The van der Waals surface area contributed by atoms with Crippen molar-refractivity contribution in [2.45, 2.75) is 0 Å². The molecule has 4 heteroatoms. The molecule has 0 N–H and O–H groups in total. The van der Waals surface area contributed by atoms with E-state index >= 15 is 0 Å². The number of allylic oxidation sites excluding steroid dienone is 2. The highest BCUT2D eigenvalue weighted by Crippen LogP contribution is 2.15. The molecule has 1 aliphatic rings. The minimum atomic E-state index is 0.802. The van der Waals surface area contributed by atoms with Crippen molar-refractivity contribution in [1.82, 2.24) is 5.16 Å². The first-order chi connectivity index (χ1) is 5.88. The molecule has 60 valence electrons. The SMILES string of the molecule is IC1=N/C=C/C=C/c2conc21. The van der Waals surface area contributed by atoms with Crippen LogP contribution < -0.4 is 0 Å². The molecule has 1 aromatic heterocycles. The summed E-state index contributed by atoms with van der Waals surface area (Å²) in [5.41, 5.74) is 1.77. The molecule has 0 bridgehead atoms. The fourth-order valence-corrected chi connectivity index (χ4v) is 1.47. The maximum absolute atomic E-state index is 4.83. The van der Waals surface area contributed by atoms with Crippen LogP contribution in [-0.2, 0) is 0 Å². The van der Waals surface area contributed by atoms with Crippen LogP contribution in [0.5, 0.6) is 0 Å². The van der Waals surface area contributed by atoms with Gasteiger partial charge in [0.2, 0.25) is 0 Å². The van der Waals surface area contributed by atoms with Crippen LogP contribution in [0.2, 0.25) is 0 Å². The van der Waals surface area contributed by atoms with Gasteiger partial charge < -0.3 is 4.52 Å². The van der Waals surface area contributed by atoms with Gasteiger partial charge in [-0.05, 0) is 34.7 Å². The van der Waals surface area contributed by atoms with E-state index in [-0.39, 0.29) is 0 Å². The van der Waals surface area contributed by atoms with Crippen LogP contribution in [0.3, 0.4) is 0 Å². The van der Waals surface area contributed by atoms with E-state index in [0.717, 1.165) is 15.0 Å². The van der Waals surface area contributed by atoms with Crippen molar-refractivity contribution in [3.63, 3.8) is 0 Å². The van der Waals surface area contributed by atoms with E-state index in [1.165, 1.54) is 0 Å². The number of rotatable bonds is 0. The highest BCUT2D eigenvalue weighted by Gasteiger charge is 2.09. The summed E-state index contributed by atoms with van der Waals surface area (Å²) in [6.07, 6.45) is 9.06. The van der Waals surface area contributed by atoms with E-state index in [1.54, 1.807) is 12.5 Å². The van der Waals surface area contributed by atoms with Crippen LogP contribution in [-0.4, -0.2) is 8.88 Å². The first kappa shape index (κ1) is 7.72. The smallest absolute Gasteiger partial charge is 0.145 e. The Kier molecular flexibility index (Phi) is 2.07. The van der Waals surface area contributed by atoms with Gasteiger partial charge in [0, 0.05) is 11.8 Å². The minimum absolute atomic E-state index is 0.802. The lowest BCUT2D eigenvalue weighted by molar-refractivity contribution is 0.418. The van der Waals surface area contributed by atoms with Gasteiger partial charge in [0.25, 0.3) is 0 Å². The molecule has 2 rings (SSSR count). The third-order valence-corrected chi connectivity index (χ3v) is 2.24. The minimum Gasteiger partial charge on any atom is -0.363 e. The average molecular weight is 272 g/mol. The van der Waals surface area contributed by atoms with Crippen molar-refractivity contribution in [3.8, 4) is 0 Å². The van der Waals surface area contributed by atoms with Crippen molar-refractivity contribution in [2.75, 3.05) is 0 Å². The molecule has 12 heavy (non-hydrogen) atoms. The third kappa shape index (κ3) is 1.34. The van der Waals surface area contributed by atoms with Crippen LogP contribution in [0.15, 0.2) is 34.1 Å². The number of aromatic nitrogens is 1. The number of aliphatic imine (C=N–C) groups is 1. The molecule has 0 saturated heterocycles. The predicted octanol–water partition coefficient (Wildman–Crippen LogP) is 2.40. The molecule has 0 unspecified atom stereocenters. The molecule has 0 fully saturated rings. The Morgan fingerprint density at radius 3 is 3.17 bits per heavy atom. The third-order valence-electron chi connectivity index (χ3n) is 1.45. The highest BCUT2D eigenvalue weighted by atomic mass is 127. The molecular weight excluding hydrogens is 267 g/mol. The quantitative estimate of drug-likeness (QED) is 0.680. The molecule has 0 aliphatic carbocycles. The number of halogens is 1. The monoisotopic (exact) mass is 272 g/mol. The average Bonchev–Trinajstić information content (AvgIpc) is 2.47. The summed E-state index contributed by atoms with van der Waals surface area (Å²) in [5, 5.41) is 3.84. The lowest BCUT2D eigenvalue weighted by atomic mass is 10.2. The van der Waals surface area contributed by atoms with E-state index in [2.05, 4.69) is 32.7 Å². The second-order valence-corrected chi connectivity index (χ2v) is 3.26. The number of fused-ring (bicyclic) bond motifs is 1. The van der Waals surface area contributed by atoms with E-state index in [1.807, 2.05) is 18.2 Å². The fourth-order valence-electron chi connectivity index (χ4n) is 0.898. The van der Waals surface area contributed by atoms with Gasteiger partial charge in [0.1, 0.15) is 15.7 Å². The van der Waals surface area contributed by atoms with Gasteiger partial charge in [-0.1, -0.05) is 11.2 Å². The van der Waals surface area contributed by atoms with Crippen LogP contribution >= 0.6 is 22.6 Å². The predicted molar refractivity (Wildman–Crippen MR) is 55.2 cm³/mol. The zero-order chi connectivity index (χ0) is 8.39. The molecular formula is C8H5IN2O. The Hall–Kier alpha value is -0.910. The molecule has 3 nitrogen and oxygen atoms in total. The van der Waals surface area contributed by atoms with Crippen LogP contribution in [0, 0.1) is 0 Å². The molecule has 0 spiro atoms. The van der Waals surface area contributed by atoms with Gasteiger partial charge >= 0.3 is 0 Å². The number of hydrogen-bond donors (Lipinski definition) is 0. The number of hydrogen-bond acceptors (Lipinski definition) is 3. The van der Waals surface area contributed by atoms with E-state index in [4.69, 9.17) is 4.52 Å². The largest absolute Gasteiger partial charge is 0.363 e. The summed E-state index contributed by atoms with van der Waals surface area (Å²) in [6.45, 7) is 0. The van der Waals surface area contributed by atoms with Crippen molar-refractivity contribution in [1.29, 1.82) is 0 Å². The zero-order valence-corrected chi connectivity index (χ0v) is 8.22. The van der Waals surface area contributed by atoms with Crippen LogP contribution in [0.4, 0.5) is 0 Å². The summed E-state index contributed by atoms with van der Waals surface area (Å²) in [5.74, 6) is 0. The molecule has 0 atom stereocenters. The molecule has 1 aromatic rings. The summed E-state index contributed by atoms with van der Waals surface area (Å²) >= 11 is 2.13. The summed E-state index contributed by atoms with van der Waals surface area (Å²) in [6, 6.07) is 0. The van der Waals surface area contributed by atoms with Crippen LogP contribution in [0.1, 0.15) is 11.3 Å². The molecule has 2 heterocycles. The maximum Gasteiger partial charge on any atom is 0.145 e. The fraction of sp³-hybridized carbons (Fsp3) is 0. The van der Waals surface area contributed by atoms with Gasteiger partial charge in [0.15, 0.2) is 0 Å². The summed E-state index contributed by atoms with van der Waals surface area (Å²) in [4.78, 5) is 4.15. The van der Waals surface area contributed by atoms with Crippen molar-refractivity contribution >= 4 is 32.4 Å². The van der Waals surface area contributed by atoms with Gasteiger partial charge in [-0.2, -0.15) is 0 Å². The Bertz CT molecular complexity index is 376. The zero-order valence-electron chi connectivity index (χ0n) is 6.07. The second kappa shape index (κ2) is 3.22. The molecule has 0 aromatic carbocycles.